The number of Topliss-reactive ketones (excluding diaryl/α,β-unsaturated/α-hetero) is 1. The lowest BCUT2D eigenvalue weighted by Crippen LogP contribution is -2.25. The number of carbonyl (C=O) groups is 1. The van der Waals surface area contributed by atoms with Gasteiger partial charge < -0.3 is 14.8 Å². The van der Waals surface area contributed by atoms with Crippen LogP contribution in [0.15, 0.2) is 10.7 Å². The van der Waals surface area contributed by atoms with Gasteiger partial charge in [-0.15, -0.1) is 0 Å². The molecule has 0 spiro atoms. The molecule has 6 heteroatoms. The van der Waals surface area contributed by atoms with E-state index in [1.54, 1.807) is 6.92 Å². The normalized spacial score (nSPS) is 22.0. The van der Waals surface area contributed by atoms with E-state index in [1.807, 2.05) is 0 Å². The van der Waals surface area contributed by atoms with E-state index in [0.29, 0.717) is 34.2 Å². The van der Waals surface area contributed by atoms with Gasteiger partial charge in [0.05, 0.1) is 17.1 Å². The first-order chi connectivity index (χ1) is 10.6. The number of furan rings is 1. The number of hydrogen-bond acceptors (Lipinski definition) is 6. The van der Waals surface area contributed by atoms with E-state index in [0.717, 1.165) is 32.2 Å². The Morgan fingerprint density at radius 3 is 3.00 bits per heavy atom. The van der Waals surface area contributed by atoms with Crippen molar-refractivity contribution in [2.75, 3.05) is 11.9 Å². The van der Waals surface area contributed by atoms with E-state index in [2.05, 4.69) is 15.3 Å². The molecule has 0 aliphatic heterocycles. The molecule has 0 amide bonds. The SMILES string of the molecule is CC(=O)c1c(C)oc2ncnc(NCC3CCCC(O)C3)c12. The second-order valence-corrected chi connectivity index (χ2v) is 6.06. The van der Waals surface area contributed by atoms with E-state index in [-0.39, 0.29) is 11.9 Å². The number of ketones is 1. The lowest BCUT2D eigenvalue weighted by molar-refractivity contribution is 0.101. The Kier molecular flexibility index (Phi) is 4.11. The molecule has 2 unspecified atom stereocenters. The van der Waals surface area contributed by atoms with Gasteiger partial charge in [-0.2, -0.15) is 0 Å². The maximum absolute atomic E-state index is 11.9. The van der Waals surface area contributed by atoms with Gasteiger partial charge in [0.15, 0.2) is 5.78 Å². The summed E-state index contributed by atoms with van der Waals surface area (Å²) in [5.74, 6) is 1.57. The number of aliphatic hydroxyl groups excluding tert-OH is 1. The molecule has 2 heterocycles. The zero-order valence-corrected chi connectivity index (χ0v) is 12.9. The number of fused-ring (bicyclic) bond motifs is 1. The van der Waals surface area contributed by atoms with E-state index >= 15 is 0 Å². The molecule has 0 radical (unpaired) electrons. The fraction of sp³-hybridized carbons (Fsp3) is 0.562. The number of anilines is 1. The van der Waals surface area contributed by atoms with Crippen molar-refractivity contribution < 1.29 is 14.3 Å². The molecule has 3 rings (SSSR count). The molecule has 0 bridgehead atoms. The van der Waals surface area contributed by atoms with Crippen LogP contribution in [0.1, 0.15) is 48.7 Å². The number of carbonyl (C=O) groups excluding carboxylic acids is 1. The smallest absolute Gasteiger partial charge is 0.232 e. The fourth-order valence-corrected chi connectivity index (χ4v) is 3.29. The molecule has 2 atom stereocenters. The molecular formula is C16H21N3O3. The molecule has 1 aliphatic carbocycles. The van der Waals surface area contributed by atoms with Crippen molar-refractivity contribution >= 4 is 22.7 Å². The molecule has 0 saturated heterocycles. The molecular weight excluding hydrogens is 282 g/mol. The summed E-state index contributed by atoms with van der Waals surface area (Å²) in [4.78, 5) is 20.2. The van der Waals surface area contributed by atoms with E-state index in [9.17, 15) is 9.90 Å². The van der Waals surface area contributed by atoms with Crippen molar-refractivity contribution in [3.05, 3.63) is 17.7 Å². The van der Waals surface area contributed by atoms with Crippen LogP contribution in [0.4, 0.5) is 5.82 Å². The summed E-state index contributed by atoms with van der Waals surface area (Å²) in [6.07, 6.45) is 5.09. The van der Waals surface area contributed by atoms with Crippen LogP contribution in [-0.2, 0) is 0 Å². The maximum Gasteiger partial charge on any atom is 0.232 e. The Morgan fingerprint density at radius 2 is 2.27 bits per heavy atom. The lowest BCUT2D eigenvalue weighted by Gasteiger charge is -2.26. The summed E-state index contributed by atoms with van der Waals surface area (Å²) >= 11 is 0. The summed E-state index contributed by atoms with van der Waals surface area (Å²) < 4.78 is 5.56. The van der Waals surface area contributed by atoms with Gasteiger partial charge in [-0.3, -0.25) is 4.79 Å². The van der Waals surface area contributed by atoms with Crippen LogP contribution in [0, 0.1) is 12.8 Å². The van der Waals surface area contributed by atoms with Crippen molar-refractivity contribution in [1.82, 2.24) is 9.97 Å². The van der Waals surface area contributed by atoms with Gasteiger partial charge in [0.1, 0.15) is 17.9 Å². The number of aryl methyl sites for hydroxylation is 1. The first kappa shape index (κ1) is 15.0. The van der Waals surface area contributed by atoms with Crippen molar-refractivity contribution in [2.24, 2.45) is 5.92 Å². The zero-order valence-electron chi connectivity index (χ0n) is 12.9. The topological polar surface area (TPSA) is 88.2 Å². The highest BCUT2D eigenvalue weighted by Crippen LogP contribution is 2.30. The summed E-state index contributed by atoms with van der Waals surface area (Å²) in [6.45, 7) is 4.01. The Balaban J connectivity index is 1.85. The van der Waals surface area contributed by atoms with Crippen molar-refractivity contribution in [3.63, 3.8) is 0 Å². The third kappa shape index (κ3) is 2.83. The highest BCUT2D eigenvalue weighted by Gasteiger charge is 2.22. The van der Waals surface area contributed by atoms with E-state index in [1.165, 1.54) is 13.3 Å². The predicted octanol–water partition coefficient (Wildman–Crippen LogP) is 2.70. The van der Waals surface area contributed by atoms with Crippen LogP contribution in [0.3, 0.4) is 0 Å². The van der Waals surface area contributed by atoms with Gasteiger partial charge in [0, 0.05) is 6.54 Å². The van der Waals surface area contributed by atoms with Crippen LogP contribution < -0.4 is 5.32 Å². The van der Waals surface area contributed by atoms with Gasteiger partial charge >= 0.3 is 0 Å². The van der Waals surface area contributed by atoms with Crippen LogP contribution in [-0.4, -0.2) is 33.5 Å². The number of aliphatic hydroxyl groups is 1. The monoisotopic (exact) mass is 303 g/mol. The highest BCUT2D eigenvalue weighted by atomic mass is 16.3. The molecule has 1 saturated carbocycles. The predicted molar refractivity (Wildman–Crippen MR) is 83.0 cm³/mol. The molecule has 2 N–H and O–H groups in total. The van der Waals surface area contributed by atoms with Gasteiger partial charge in [-0.05, 0) is 39.0 Å². The average Bonchev–Trinajstić information content (AvgIpc) is 2.81. The lowest BCUT2D eigenvalue weighted by atomic mass is 9.87. The van der Waals surface area contributed by atoms with Crippen LogP contribution in [0.25, 0.3) is 11.1 Å². The molecule has 22 heavy (non-hydrogen) atoms. The fourth-order valence-electron chi connectivity index (χ4n) is 3.29. The molecule has 2 aromatic rings. The highest BCUT2D eigenvalue weighted by molar-refractivity contribution is 6.09. The van der Waals surface area contributed by atoms with Gasteiger partial charge in [-0.25, -0.2) is 9.97 Å². The van der Waals surface area contributed by atoms with Crippen LogP contribution in [0.2, 0.25) is 0 Å². The summed E-state index contributed by atoms with van der Waals surface area (Å²) in [6, 6.07) is 0. The maximum atomic E-state index is 11.9. The minimum atomic E-state index is -0.199. The largest absolute Gasteiger partial charge is 0.442 e. The third-order valence-electron chi connectivity index (χ3n) is 4.33. The Hall–Kier alpha value is -1.95. The summed E-state index contributed by atoms with van der Waals surface area (Å²) in [7, 11) is 0. The average molecular weight is 303 g/mol. The van der Waals surface area contributed by atoms with Gasteiger partial charge in [0.25, 0.3) is 0 Å². The number of nitrogens with one attached hydrogen (secondary N) is 1. The Bertz CT molecular complexity index is 695. The third-order valence-corrected chi connectivity index (χ3v) is 4.33. The molecule has 1 fully saturated rings. The van der Waals surface area contributed by atoms with Crippen molar-refractivity contribution in [1.29, 1.82) is 0 Å². The second-order valence-electron chi connectivity index (χ2n) is 6.06. The zero-order chi connectivity index (χ0) is 15.7. The standard InChI is InChI=1S/C16H21N3O3/c1-9(20)13-10(2)22-16-14(13)15(18-8-19-16)17-7-11-4-3-5-12(21)6-11/h8,11-12,21H,3-7H2,1-2H3,(H,17,18,19). The Labute approximate surface area is 128 Å². The van der Waals surface area contributed by atoms with Crippen molar-refractivity contribution in [2.45, 2.75) is 45.6 Å². The number of aromatic nitrogens is 2. The molecule has 118 valence electrons. The van der Waals surface area contributed by atoms with Crippen LogP contribution >= 0.6 is 0 Å². The molecule has 0 aromatic carbocycles. The van der Waals surface area contributed by atoms with Gasteiger partial charge in [0.2, 0.25) is 5.71 Å². The molecule has 1 aliphatic rings. The minimum Gasteiger partial charge on any atom is -0.442 e. The summed E-state index contributed by atoms with van der Waals surface area (Å²) in [5, 5.41) is 13.7. The number of hydrogen-bond donors (Lipinski definition) is 2. The van der Waals surface area contributed by atoms with Gasteiger partial charge in [-0.1, -0.05) is 6.42 Å². The second kappa shape index (κ2) is 6.04. The quantitative estimate of drug-likeness (QED) is 0.844. The first-order valence-electron chi connectivity index (χ1n) is 7.73. The van der Waals surface area contributed by atoms with E-state index in [4.69, 9.17) is 4.42 Å². The van der Waals surface area contributed by atoms with Crippen LogP contribution in [0.5, 0.6) is 0 Å². The minimum absolute atomic E-state index is 0.0535. The summed E-state index contributed by atoms with van der Waals surface area (Å²) in [5.41, 5.74) is 0.977. The van der Waals surface area contributed by atoms with Crippen molar-refractivity contribution in [3.8, 4) is 0 Å². The number of nitrogens with zero attached hydrogens (tertiary/aromatic N) is 2. The van der Waals surface area contributed by atoms with E-state index < -0.39 is 0 Å². The first-order valence-corrected chi connectivity index (χ1v) is 7.73. The Morgan fingerprint density at radius 1 is 1.45 bits per heavy atom. The number of rotatable bonds is 4. The molecule has 2 aromatic heterocycles. The molecule has 6 nitrogen and oxygen atoms in total.